The standard InChI is InChI=1S/C10H15NO3S2/c1-7-3-4-9(15-7)10(12)8(11)5-6-16(2,13)14/h3-4,8H,5-6,11H2,1-2H3. The van der Waals surface area contributed by atoms with Gasteiger partial charge in [0.25, 0.3) is 0 Å². The minimum atomic E-state index is -3.06. The monoisotopic (exact) mass is 261 g/mol. The number of hydrogen-bond donors (Lipinski definition) is 1. The third kappa shape index (κ3) is 4.03. The molecule has 0 aromatic carbocycles. The highest BCUT2D eigenvalue weighted by Gasteiger charge is 2.18. The summed E-state index contributed by atoms with van der Waals surface area (Å²) in [6.45, 7) is 1.91. The molecule has 0 aliphatic rings. The normalized spacial score (nSPS) is 13.7. The molecule has 6 heteroatoms. The van der Waals surface area contributed by atoms with Gasteiger partial charge in [0.1, 0.15) is 9.84 Å². The van der Waals surface area contributed by atoms with Crippen LogP contribution in [-0.2, 0) is 9.84 Å². The minimum absolute atomic E-state index is 0.0513. The Morgan fingerprint density at radius 2 is 2.12 bits per heavy atom. The zero-order valence-electron chi connectivity index (χ0n) is 9.26. The van der Waals surface area contributed by atoms with Crippen LogP contribution < -0.4 is 5.73 Å². The molecule has 1 unspecified atom stereocenters. The zero-order chi connectivity index (χ0) is 12.3. The molecule has 0 fully saturated rings. The summed E-state index contributed by atoms with van der Waals surface area (Å²) in [6.07, 6.45) is 1.31. The van der Waals surface area contributed by atoms with E-state index in [0.717, 1.165) is 11.1 Å². The van der Waals surface area contributed by atoms with E-state index in [1.807, 2.05) is 13.0 Å². The van der Waals surface area contributed by atoms with Crippen LogP contribution in [0.2, 0.25) is 0 Å². The molecule has 4 nitrogen and oxygen atoms in total. The van der Waals surface area contributed by atoms with E-state index in [1.165, 1.54) is 11.3 Å². The summed E-state index contributed by atoms with van der Waals surface area (Å²) < 4.78 is 21.9. The van der Waals surface area contributed by atoms with Crippen molar-refractivity contribution < 1.29 is 13.2 Å². The highest BCUT2D eigenvalue weighted by atomic mass is 32.2. The number of Topliss-reactive ketones (excluding diaryl/α,β-unsaturated/α-hetero) is 1. The van der Waals surface area contributed by atoms with Crippen LogP contribution in [0.25, 0.3) is 0 Å². The molecule has 0 amide bonds. The molecular weight excluding hydrogens is 246 g/mol. The molecule has 0 spiro atoms. The molecule has 0 aliphatic carbocycles. The fourth-order valence-electron chi connectivity index (χ4n) is 1.22. The summed E-state index contributed by atoms with van der Waals surface area (Å²) in [5.74, 6) is -0.230. The van der Waals surface area contributed by atoms with Gasteiger partial charge in [0.05, 0.1) is 16.7 Å². The van der Waals surface area contributed by atoms with Gasteiger partial charge in [-0.1, -0.05) is 0 Å². The van der Waals surface area contributed by atoms with E-state index in [0.29, 0.717) is 4.88 Å². The molecule has 1 heterocycles. The molecule has 90 valence electrons. The lowest BCUT2D eigenvalue weighted by molar-refractivity contribution is 0.0964. The molecule has 16 heavy (non-hydrogen) atoms. The van der Waals surface area contributed by atoms with Crippen molar-refractivity contribution in [3.05, 3.63) is 21.9 Å². The van der Waals surface area contributed by atoms with Crippen LogP contribution in [0.4, 0.5) is 0 Å². The number of hydrogen-bond acceptors (Lipinski definition) is 5. The van der Waals surface area contributed by atoms with Crippen molar-refractivity contribution in [1.29, 1.82) is 0 Å². The predicted octanol–water partition coefficient (Wildman–Crippen LogP) is 1.00. The Hall–Kier alpha value is -0.720. The van der Waals surface area contributed by atoms with E-state index in [1.54, 1.807) is 6.07 Å². The molecular formula is C10H15NO3S2. The van der Waals surface area contributed by atoms with Crippen LogP contribution in [0, 0.1) is 6.92 Å². The Bertz CT molecular complexity index is 476. The van der Waals surface area contributed by atoms with Gasteiger partial charge in [0.2, 0.25) is 0 Å². The summed E-state index contributed by atoms with van der Waals surface area (Å²) in [4.78, 5) is 13.4. The molecule has 0 radical (unpaired) electrons. The van der Waals surface area contributed by atoms with Gasteiger partial charge in [0.15, 0.2) is 5.78 Å². The number of ketones is 1. The van der Waals surface area contributed by atoms with Crippen LogP contribution >= 0.6 is 11.3 Å². The lowest BCUT2D eigenvalue weighted by Crippen LogP contribution is -2.32. The van der Waals surface area contributed by atoms with Gasteiger partial charge in [-0.05, 0) is 25.5 Å². The average molecular weight is 261 g/mol. The molecule has 1 aromatic heterocycles. The Morgan fingerprint density at radius 1 is 1.50 bits per heavy atom. The molecule has 2 N–H and O–H groups in total. The summed E-state index contributed by atoms with van der Waals surface area (Å²) in [7, 11) is -3.06. The topological polar surface area (TPSA) is 77.2 Å². The van der Waals surface area contributed by atoms with Crippen molar-refractivity contribution in [2.75, 3.05) is 12.0 Å². The number of aryl methyl sites for hydroxylation is 1. The molecule has 0 bridgehead atoms. The highest BCUT2D eigenvalue weighted by molar-refractivity contribution is 7.90. The number of rotatable bonds is 5. The number of sulfone groups is 1. The van der Waals surface area contributed by atoms with Crippen molar-refractivity contribution in [3.63, 3.8) is 0 Å². The van der Waals surface area contributed by atoms with Crippen molar-refractivity contribution in [1.82, 2.24) is 0 Å². The quantitative estimate of drug-likeness (QED) is 0.802. The third-order valence-corrected chi connectivity index (χ3v) is 4.11. The molecule has 0 saturated heterocycles. The fourth-order valence-corrected chi connectivity index (χ4v) is 2.77. The van der Waals surface area contributed by atoms with Gasteiger partial charge in [0, 0.05) is 11.1 Å². The smallest absolute Gasteiger partial charge is 0.189 e. The van der Waals surface area contributed by atoms with Crippen molar-refractivity contribution in [3.8, 4) is 0 Å². The maximum atomic E-state index is 11.8. The maximum absolute atomic E-state index is 11.8. The van der Waals surface area contributed by atoms with Crippen molar-refractivity contribution >= 4 is 27.0 Å². The number of carbonyl (C=O) groups is 1. The van der Waals surface area contributed by atoms with Crippen molar-refractivity contribution in [2.24, 2.45) is 5.73 Å². The molecule has 0 saturated carbocycles. The first kappa shape index (κ1) is 13.3. The SMILES string of the molecule is Cc1ccc(C(=O)C(N)CCS(C)(=O)=O)s1. The van der Waals surface area contributed by atoms with Crippen LogP contribution in [-0.4, -0.2) is 32.3 Å². The van der Waals surface area contributed by atoms with Crippen LogP contribution in [0.3, 0.4) is 0 Å². The highest BCUT2D eigenvalue weighted by Crippen LogP contribution is 2.17. The van der Waals surface area contributed by atoms with E-state index < -0.39 is 15.9 Å². The van der Waals surface area contributed by atoms with E-state index >= 15 is 0 Å². The second-order valence-electron chi connectivity index (χ2n) is 3.80. The summed E-state index contributed by atoms with van der Waals surface area (Å²) >= 11 is 1.38. The van der Waals surface area contributed by atoms with Gasteiger partial charge in [-0.2, -0.15) is 0 Å². The lowest BCUT2D eigenvalue weighted by atomic mass is 10.1. The Labute approximate surface area is 99.4 Å². The number of carbonyl (C=O) groups excluding carboxylic acids is 1. The summed E-state index contributed by atoms with van der Waals surface area (Å²) in [5.41, 5.74) is 5.66. The Balaban J connectivity index is 2.61. The Kier molecular flexibility index (Phi) is 4.23. The second kappa shape index (κ2) is 5.07. The zero-order valence-corrected chi connectivity index (χ0v) is 10.9. The van der Waals surface area contributed by atoms with Gasteiger partial charge in [-0.15, -0.1) is 11.3 Å². The summed E-state index contributed by atoms with van der Waals surface area (Å²) in [5, 5.41) is 0. The fraction of sp³-hybridized carbons (Fsp3) is 0.500. The first-order chi connectivity index (χ1) is 7.29. The van der Waals surface area contributed by atoms with Gasteiger partial charge in [-0.25, -0.2) is 8.42 Å². The molecule has 1 aromatic rings. The molecule has 1 rings (SSSR count). The maximum Gasteiger partial charge on any atom is 0.189 e. The van der Waals surface area contributed by atoms with E-state index in [2.05, 4.69) is 0 Å². The number of nitrogens with two attached hydrogens (primary N) is 1. The minimum Gasteiger partial charge on any atom is -0.321 e. The van der Waals surface area contributed by atoms with Gasteiger partial charge in [-0.3, -0.25) is 4.79 Å². The molecule has 1 atom stereocenters. The van der Waals surface area contributed by atoms with Crippen LogP contribution in [0.5, 0.6) is 0 Å². The Morgan fingerprint density at radius 3 is 2.56 bits per heavy atom. The number of thiophene rings is 1. The first-order valence-electron chi connectivity index (χ1n) is 4.83. The summed E-state index contributed by atoms with van der Waals surface area (Å²) in [6, 6.07) is 2.84. The van der Waals surface area contributed by atoms with Gasteiger partial charge < -0.3 is 5.73 Å². The van der Waals surface area contributed by atoms with Crippen LogP contribution in [0.1, 0.15) is 21.0 Å². The second-order valence-corrected chi connectivity index (χ2v) is 7.35. The van der Waals surface area contributed by atoms with E-state index in [4.69, 9.17) is 5.73 Å². The molecule has 0 aliphatic heterocycles. The lowest BCUT2D eigenvalue weighted by Gasteiger charge is -2.07. The van der Waals surface area contributed by atoms with Crippen molar-refractivity contribution in [2.45, 2.75) is 19.4 Å². The average Bonchev–Trinajstić information content (AvgIpc) is 2.59. The van der Waals surface area contributed by atoms with E-state index in [9.17, 15) is 13.2 Å². The predicted molar refractivity (Wildman–Crippen MR) is 65.7 cm³/mol. The first-order valence-corrected chi connectivity index (χ1v) is 7.71. The largest absolute Gasteiger partial charge is 0.321 e. The third-order valence-electron chi connectivity index (χ3n) is 2.12. The van der Waals surface area contributed by atoms with E-state index in [-0.39, 0.29) is 18.0 Å². The van der Waals surface area contributed by atoms with Gasteiger partial charge >= 0.3 is 0 Å². The van der Waals surface area contributed by atoms with Crippen LogP contribution in [0.15, 0.2) is 12.1 Å².